The molecule has 48 heavy (non-hydrogen) atoms. The first-order chi connectivity index (χ1) is 22.7. The fourth-order valence-electron chi connectivity index (χ4n) is 7.41. The monoisotopic (exact) mass is 677 g/mol. The average molecular weight is 678 g/mol. The highest BCUT2D eigenvalue weighted by Gasteiger charge is 2.43. The minimum absolute atomic E-state index is 0.0888. The van der Waals surface area contributed by atoms with Crippen LogP contribution in [0.15, 0.2) is 10.6 Å². The quantitative estimate of drug-likeness (QED) is 0.355. The van der Waals surface area contributed by atoms with E-state index in [4.69, 9.17) is 34.7 Å². The number of ether oxygens (including phenoxy) is 2. The van der Waals surface area contributed by atoms with Crippen molar-refractivity contribution in [2.75, 3.05) is 37.3 Å². The van der Waals surface area contributed by atoms with Gasteiger partial charge in [0, 0.05) is 41.7 Å². The molecule has 2 fully saturated rings. The molecule has 3 aromatic heterocycles. The van der Waals surface area contributed by atoms with E-state index in [0.29, 0.717) is 46.9 Å². The van der Waals surface area contributed by atoms with Crippen molar-refractivity contribution in [2.24, 2.45) is 0 Å². The summed E-state index contributed by atoms with van der Waals surface area (Å²) >= 11 is 1.47. The number of hydrogen-bond donors (Lipinski definition) is 1. The third kappa shape index (κ3) is 6.30. The fourth-order valence-corrected chi connectivity index (χ4v) is 8.60. The number of nitrogens with two attached hydrogens (primary N) is 1. The van der Waals surface area contributed by atoms with E-state index >= 15 is 0 Å². The van der Waals surface area contributed by atoms with Gasteiger partial charge in [0.2, 0.25) is 11.7 Å². The van der Waals surface area contributed by atoms with Gasteiger partial charge < -0.3 is 29.5 Å². The highest BCUT2D eigenvalue weighted by molar-refractivity contribution is 7.16. The van der Waals surface area contributed by atoms with Crippen molar-refractivity contribution in [3.8, 4) is 23.6 Å². The number of carbonyl (C=O) groups is 1. The first-order valence-corrected chi connectivity index (χ1v) is 17.7. The molecule has 6 rings (SSSR count). The Morgan fingerprint density at radius 3 is 2.65 bits per heavy atom. The number of fused-ring (bicyclic) bond motifs is 1. The number of amides is 1. The molecule has 2 aliphatic heterocycles. The molecule has 2 N–H and O–H groups in total. The number of likely N-dealkylation sites (tertiary alicyclic amines) is 1. The SMILES string of the molecule is CC1C(C)N(c2cc(-c3noc([C@@]4(C)CCCc5sc(N)c(C#N)c54)n3)nc(O[C@@H](C)[C@@H]3CCCN3C)n2)CCN1C(=O)OC(C)(C)C. The van der Waals surface area contributed by atoms with Gasteiger partial charge in [-0.05, 0) is 94.2 Å². The number of aromatic nitrogens is 4. The molecule has 2 saturated heterocycles. The molecule has 2 unspecified atom stereocenters. The second kappa shape index (κ2) is 12.8. The Morgan fingerprint density at radius 2 is 1.96 bits per heavy atom. The summed E-state index contributed by atoms with van der Waals surface area (Å²) in [6.45, 7) is 15.9. The molecule has 3 aliphatic rings. The van der Waals surface area contributed by atoms with Gasteiger partial charge in [0.05, 0.1) is 17.0 Å². The van der Waals surface area contributed by atoms with Crippen LogP contribution in [0.4, 0.5) is 15.6 Å². The molecule has 3 aromatic rings. The van der Waals surface area contributed by atoms with Crippen LogP contribution in [0.25, 0.3) is 11.5 Å². The van der Waals surface area contributed by atoms with Crippen molar-refractivity contribution in [1.82, 2.24) is 29.9 Å². The summed E-state index contributed by atoms with van der Waals surface area (Å²) in [5.74, 6) is 1.39. The third-order valence-corrected chi connectivity index (χ3v) is 11.2. The van der Waals surface area contributed by atoms with Crippen molar-refractivity contribution < 1.29 is 18.8 Å². The summed E-state index contributed by atoms with van der Waals surface area (Å²) in [6, 6.07) is 4.42. The maximum absolute atomic E-state index is 13.0. The predicted octanol–water partition coefficient (Wildman–Crippen LogP) is 5.38. The number of carbonyl (C=O) groups excluding carboxylic acids is 1. The number of aryl methyl sites for hydroxylation is 1. The zero-order valence-corrected chi connectivity index (χ0v) is 30.1. The van der Waals surface area contributed by atoms with Crippen LogP contribution < -0.4 is 15.4 Å². The number of rotatable bonds is 6. The standard InChI is InChI=1S/C34H47N9O4S/c1-19-20(2)43(32(44)46-33(4,5)6)16-15-42(19)26-17-23(37-31(38-26)45-21(3)24-11-10-14-41(24)8)29-39-30(47-40-29)34(7)13-9-12-25-27(34)22(18-35)28(36)48-25/h17,19-21,24H,9-16,36H2,1-8H3/t19?,20?,21-,24-,34-/m0/s1. The molecule has 1 aliphatic carbocycles. The highest BCUT2D eigenvalue weighted by Crippen LogP contribution is 2.48. The summed E-state index contributed by atoms with van der Waals surface area (Å²) in [5.41, 5.74) is 6.88. The van der Waals surface area contributed by atoms with E-state index < -0.39 is 11.0 Å². The van der Waals surface area contributed by atoms with Crippen LogP contribution >= 0.6 is 11.3 Å². The van der Waals surface area contributed by atoms with Gasteiger partial charge >= 0.3 is 12.1 Å². The molecule has 0 bridgehead atoms. The summed E-state index contributed by atoms with van der Waals surface area (Å²) < 4.78 is 18.1. The number of thiophene rings is 1. The Hall–Kier alpha value is -3.96. The van der Waals surface area contributed by atoms with Gasteiger partial charge in [-0.3, -0.25) is 4.90 Å². The molecule has 1 amide bonds. The number of nitriles is 1. The summed E-state index contributed by atoms with van der Waals surface area (Å²) in [5, 5.41) is 14.9. The lowest BCUT2D eigenvalue weighted by atomic mass is 9.72. The largest absolute Gasteiger partial charge is 0.459 e. The first-order valence-electron chi connectivity index (χ1n) is 16.9. The summed E-state index contributed by atoms with van der Waals surface area (Å²) in [6.07, 6.45) is 4.22. The van der Waals surface area contributed by atoms with E-state index in [2.05, 4.69) is 41.9 Å². The van der Waals surface area contributed by atoms with Crippen molar-refractivity contribution >= 4 is 28.2 Å². The maximum atomic E-state index is 13.0. The van der Waals surface area contributed by atoms with Gasteiger partial charge in [-0.1, -0.05) is 5.16 Å². The number of nitrogen functional groups attached to an aromatic ring is 1. The molecule has 13 nitrogen and oxygen atoms in total. The lowest BCUT2D eigenvalue weighted by Crippen LogP contribution is -2.60. The normalized spacial score (nSPS) is 25.4. The average Bonchev–Trinajstić information content (AvgIpc) is 3.76. The van der Waals surface area contributed by atoms with E-state index in [-0.39, 0.29) is 36.3 Å². The molecular formula is C34H47N9O4S. The third-order valence-electron chi connectivity index (χ3n) is 10.2. The topological polar surface area (TPSA) is 160 Å². The van der Waals surface area contributed by atoms with Gasteiger partial charge in [0.25, 0.3) is 0 Å². The Labute approximate surface area is 286 Å². The zero-order valence-electron chi connectivity index (χ0n) is 29.2. The van der Waals surface area contributed by atoms with Gasteiger partial charge in [-0.15, -0.1) is 11.3 Å². The van der Waals surface area contributed by atoms with E-state index in [9.17, 15) is 10.1 Å². The predicted molar refractivity (Wildman–Crippen MR) is 183 cm³/mol. The van der Waals surface area contributed by atoms with Crippen LogP contribution in [0.5, 0.6) is 6.01 Å². The van der Waals surface area contributed by atoms with Gasteiger partial charge in [-0.25, -0.2) is 4.79 Å². The molecule has 0 spiro atoms. The Kier molecular flexibility index (Phi) is 9.06. The first kappa shape index (κ1) is 33.9. The van der Waals surface area contributed by atoms with Crippen LogP contribution in [0.3, 0.4) is 0 Å². The second-order valence-electron chi connectivity index (χ2n) is 14.6. The van der Waals surface area contributed by atoms with Crippen molar-refractivity contribution in [3.05, 3.63) is 28.0 Å². The van der Waals surface area contributed by atoms with Crippen LogP contribution in [-0.4, -0.2) is 92.5 Å². The van der Waals surface area contributed by atoms with Gasteiger partial charge in [0.1, 0.15) is 34.3 Å². The number of anilines is 2. The van der Waals surface area contributed by atoms with Gasteiger partial charge in [-0.2, -0.15) is 20.2 Å². The number of hydrogen-bond acceptors (Lipinski definition) is 13. The van der Waals surface area contributed by atoms with Crippen molar-refractivity contribution in [3.63, 3.8) is 0 Å². The Balaban J connectivity index is 1.35. The Morgan fingerprint density at radius 1 is 1.19 bits per heavy atom. The second-order valence-corrected chi connectivity index (χ2v) is 15.8. The molecule has 0 radical (unpaired) electrons. The summed E-state index contributed by atoms with van der Waals surface area (Å²) in [7, 11) is 2.12. The molecular weight excluding hydrogens is 631 g/mol. The molecule has 14 heteroatoms. The lowest BCUT2D eigenvalue weighted by molar-refractivity contribution is 0.0119. The molecule has 0 aromatic carbocycles. The minimum Gasteiger partial charge on any atom is -0.459 e. The number of likely N-dealkylation sites (N-methyl/N-ethyl adjacent to an activating group) is 1. The fraction of sp³-hybridized carbons (Fsp3) is 0.647. The highest BCUT2D eigenvalue weighted by atomic mass is 32.1. The minimum atomic E-state index is -0.656. The van der Waals surface area contributed by atoms with E-state index in [1.165, 1.54) is 11.3 Å². The van der Waals surface area contributed by atoms with Crippen LogP contribution in [0.2, 0.25) is 0 Å². The molecule has 5 atom stereocenters. The van der Waals surface area contributed by atoms with Crippen LogP contribution in [0.1, 0.15) is 96.0 Å². The van der Waals surface area contributed by atoms with Crippen LogP contribution in [0, 0.1) is 11.3 Å². The number of piperazine rings is 1. The lowest BCUT2D eigenvalue weighted by Gasteiger charge is -2.45. The zero-order chi connectivity index (χ0) is 34.5. The van der Waals surface area contributed by atoms with E-state index in [0.717, 1.165) is 49.1 Å². The maximum Gasteiger partial charge on any atom is 0.410 e. The molecule has 0 saturated carbocycles. The van der Waals surface area contributed by atoms with Crippen LogP contribution in [-0.2, 0) is 16.6 Å². The van der Waals surface area contributed by atoms with E-state index in [1.807, 2.05) is 40.7 Å². The summed E-state index contributed by atoms with van der Waals surface area (Å²) in [4.78, 5) is 35.0. The van der Waals surface area contributed by atoms with Crippen molar-refractivity contribution in [1.29, 1.82) is 5.26 Å². The number of nitrogens with zero attached hydrogens (tertiary/aromatic N) is 8. The molecule has 258 valence electrons. The molecule has 5 heterocycles. The smallest absolute Gasteiger partial charge is 0.410 e. The Bertz CT molecular complexity index is 1710. The van der Waals surface area contributed by atoms with E-state index in [1.54, 1.807) is 4.90 Å². The van der Waals surface area contributed by atoms with Crippen molar-refractivity contribution in [2.45, 2.75) is 116 Å². The van der Waals surface area contributed by atoms with Gasteiger partial charge in [0.15, 0.2) is 0 Å².